The van der Waals surface area contributed by atoms with Crippen molar-refractivity contribution in [3.05, 3.63) is 0 Å². The van der Waals surface area contributed by atoms with Gasteiger partial charge in [-0.05, 0) is 0 Å². The zero-order chi connectivity index (χ0) is 11.9. The van der Waals surface area contributed by atoms with Crippen LogP contribution in [-0.4, -0.2) is 49.2 Å². The van der Waals surface area contributed by atoms with Crippen LogP contribution in [0, 0.1) is 5.41 Å². The fourth-order valence-electron chi connectivity index (χ4n) is 0.914. The van der Waals surface area contributed by atoms with Crippen LogP contribution in [0.5, 0.6) is 0 Å². The molecule has 0 saturated carbocycles. The maximum Gasteiger partial charge on any atom is 0.212 e. The lowest BCUT2D eigenvalue weighted by atomic mass is 9.96. The van der Waals surface area contributed by atoms with E-state index in [-0.39, 0.29) is 31.8 Å². The molecule has 0 heterocycles. The largest absolute Gasteiger partial charge is 0.375 e. The highest BCUT2D eigenvalue weighted by Gasteiger charge is 2.19. The smallest absolute Gasteiger partial charge is 0.212 e. The van der Waals surface area contributed by atoms with Gasteiger partial charge in [0, 0.05) is 5.41 Å². The summed E-state index contributed by atoms with van der Waals surface area (Å²) in [5.41, 5.74) is -0.371. The highest BCUT2D eigenvalue weighted by atomic mass is 16.6. The number of aliphatic hydroxyl groups excluding tert-OH is 2. The Balaban J connectivity index is 3.57. The van der Waals surface area contributed by atoms with Crippen molar-refractivity contribution in [3.8, 4) is 0 Å². The Morgan fingerprint density at radius 3 is 1.60 bits per heavy atom. The monoisotopic (exact) mass is 222 g/mol. The van der Waals surface area contributed by atoms with Gasteiger partial charge in [-0.3, -0.25) is 0 Å². The average molecular weight is 222 g/mol. The SMILES string of the molecule is CC(C)(COCC([O])O)COCC([O])O. The minimum atomic E-state index is -1.73. The summed E-state index contributed by atoms with van der Waals surface area (Å²) in [5, 5.41) is 37.3. The van der Waals surface area contributed by atoms with E-state index in [1.165, 1.54) is 0 Å². The molecule has 0 fully saturated rings. The maximum absolute atomic E-state index is 10.2. The molecular formula is C9H18O6. The molecule has 0 rings (SSSR count). The van der Waals surface area contributed by atoms with Crippen molar-refractivity contribution in [1.82, 2.24) is 0 Å². The Hall–Kier alpha value is -0.240. The van der Waals surface area contributed by atoms with Crippen LogP contribution in [-0.2, 0) is 19.7 Å². The second-order valence-corrected chi connectivity index (χ2v) is 4.10. The fraction of sp³-hybridized carbons (Fsp3) is 1.00. The van der Waals surface area contributed by atoms with Gasteiger partial charge in [-0.15, -0.1) is 0 Å². The Labute approximate surface area is 89.1 Å². The molecule has 0 aliphatic rings. The molecule has 2 unspecified atom stereocenters. The first-order valence-corrected chi connectivity index (χ1v) is 4.67. The number of rotatable bonds is 8. The van der Waals surface area contributed by atoms with Crippen molar-refractivity contribution in [2.24, 2.45) is 5.41 Å². The summed E-state index contributed by atoms with van der Waals surface area (Å²) in [4.78, 5) is 0. The van der Waals surface area contributed by atoms with Crippen LogP contribution in [0.1, 0.15) is 13.8 Å². The molecule has 6 nitrogen and oxygen atoms in total. The molecule has 90 valence electrons. The Bertz CT molecular complexity index is 141. The maximum atomic E-state index is 10.2. The zero-order valence-electron chi connectivity index (χ0n) is 9.01. The van der Waals surface area contributed by atoms with E-state index in [2.05, 4.69) is 0 Å². The van der Waals surface area contributed by atoms with E-state index < -0.39 is 12.6 Å². The molecule has 0 aromatic heterocycles. The molecular weight excluding hydrogens is 204 g/mol. The minimum absolute atomic E-state index is 0.237. The van der Waals surface area contributed by atoms with Crippen molar-refractivity contribution in [3.63, 3.8) is 0 Å². The van der Waals surface area contributed by atoms with Gasteiger partial charge in [-0.1, -0.05) is 13.8 Å². The van der Waals surface area contributed by atoms with Crippen molar-refractivity contribution in [2.45, 2.75) is 26.4 Å². The first-order chi connectivity index (χ1) is 6.83. The van der Waals surface area contributed by atoms with Crippen molar-refractivity contribution < 1.29 is 29.9 Å². The van der Waals surface area contributed by atoms with Gasteiger partial charge in [-0.2, -0.15) is 10.2 Å². The molecule has 0 saturated heterocycles. The molecule has 6 heteroatoms. The third kappa shape index (κ3) is 10.1. The van der Waals surface area contributed by atoms with Gasteiger partial charge in [0.1, 0.15) is 13.2 Å². The first-order valence-electron chi connectivity index (χ1n) is 4.67. The molecule has 0 amide bonds. The lowest BCUT2D eigenvalue weighted by molar-refractivity contribution is -0.155. The first kappa shape index (κ1) is 14.8. The zero-order valence-corrected chi connectivity index (χ0v) is 9.01. The van der Waals surface area contributed by atoms with Gasteiger partial charge in [0.15, 0.2) is 0 Å². The molecule has 0 aliphatic heterocycles. The van der Waals surface area contributed by atoms with Gasteiger partial charge in [0.25, 0.3) is 0 Å². The van der Waals surface area contributed by atoms with Crippen molar-refractivity contribution in [2.75, 3.05) is 26.4 Å². The standard InChI is InChI=1S/C9H18O6/c1-9(2,5-14-3-7(10)11)6-15-4-8(12)13/h7-8,10,12H,3-6H2,1-2H3. The molecule has 0 aromatic rings. The summed E-state index contributed by atoms with van der Waals surface area (Å²) in [6, 6.07) is 0. The topological polar surface area (TPSA) is 98.7 Å². The van der Waals surface area contributed by atoms with E-state index in [9.17, 15) is 10.2 Å². The second kappa shape index (κ2) is 7.10. The highest BCUT2D eigenvalue weighted by Crippen LogP contribution is 2.15. The van der Waals surface area contributed by atoms with Gasteiger partial charge >= 0.3 is 0 Å². The third-order valence-electron chi connectivity index (χ3n) is 1.51. The van der Waals surface area contributed by atoms with Crippen LogP contribution in [0.15, 0.2) is 0 Å². The van der Waals surface area contributed by atoms with Crippen LogP contribution in [0.3, 0.4) is 0 Å². The molecule has 0 spiro atoms. The van der Waals surface area contributed by atoms with Crippen LogP contribution in [0.4, 0.5) is 0 Å². The van der Waals surface area contributed by atoms with E-state index in [1.54, 1.807) is 0 Å². The summed E-state index contributed by atoms with van der Waals surface area (Å²) in [6.07, 6.45) is -3.46. The summed E-state index contributed by atoms with van der Waals surface area (Å²) in [6.45, 7) is 3.58. The average Bonchev–Trinajstić information content (AvgIpc) is 2.01. The number of aliphatic hydroxyl groups is 2. The molecule has 2 radical (unpaired) electrons. The number of ether oxygens (including phenoxy) is 2. The van der Waals surface area contributed by atoms with Gasteiger partial charge < -0.3 is 19.7 Å². The number of hydrogen-bond donors (Lipinski definition) is 2. The fourth-order valence-corrected chi connectivity index (χ4v) is 0.914. The molecule has 0 aromatic carbocycles. The molecule has 0 aliphatic carbocycles. The molecule has 2 N–H and O–H groups in total. The van der Waals surface area contributed by atoms with Gasteiger partial charge in [0.2, 0.25) is 12.6 Å². The van der Waals surface area contributed by atoms with E-state index in [1.807, 2.05) is 13.8 Å². The summed E-state index contributed by atoms with van der Waals surface area (Å²) in [5.74, 6) is 0. The van der Waals surface area contributed by atoms with Crippen LogP contribution >= 0.6 is 0 Å². The quantitative estimate of drug-likeness (QED) is 0.543. The number of hydrogen-bond acceptors (Lipinski definition) is 4. The minimum Gasteiger partial charge on any atom is -0.375 e. The predicted octanol–water partition coefficient (Wildman–Crippen LogP) is -0.456. The Morgan fingerprint density at radius 2 is 1.33 bits per heavy atom. The van der Waals surface area contributed by atoms with Crippen LogP contribution in [0.2, 0.25) is 0 Å². The van der Waals surface area contributed by atoms with Gasteiger partial charge in [0.05, 0.1) is 13.2 Å². The van der Waals surface area contributed by atoms with Crippen molar-refractivity contribution >= 4 is 0 Å². The summed E-state index contributed by atoms with van der Waals surface area (Å²) < 4.78 is 9.87. The molecule has 15 heavy (non-hydrogen) atoms. The molecule has 0 bridgehead atoms. The van der Waals surface area contributed by atoms with E-state index in [0.29, 0.717) is 0 Å². The normalized spacial score (nSPS) is 12.8. The van der Waals surface area contributed by atoms with Crippen LogP contribution < -0.4 is 0 Å². The highest BCUT2D eigenvalue weighted by molar-refractivity contribution is 4.66. The van der Waals surface area contributed by atoms with Gasteiger partial charge in [-0.25, -0.2) is 0 Å². The Morgan fingerprint density at radius 1 is 1.00 bits per heavy atom. The Kier molecular flexibility index (Phi) is 6.99. The lowest BCUT2D eigenvalue weighted by Gasteiger charge is -2.24. The summed E-state index contributed by atoms with van der Waals surface area (Å²) >= 11 is 0. The third-order valence-corrected chi connectivity index (χ3v) is 1.51. The van der Waals surface area contributed by atoms with E-state index >= 15 is 0 Å². The molecule has 2 atom stereocenters. The lowest BCUT2D eigenvalue weighted by Crippen LogP contribution is -2.29. The second-order valence-electron chi connectivity index (χ2n) is 4.10. The van der Waals surface area contributed by atoms with Crippen molar-refractivity contribution in [1.29, 1.82) is 0 Å². The predicted molar refractivity (Wildman–Crippen MR) is 48.8 cm³/mol. The van der Waals surface area contributed by atoms with E-state index in [4.69, 9.17) is 19.7 Å². The van der Waals surface area contributed by atoms with Crippen LogP contribution in [0.25, 0.3) is 0 Å². The summed E-state index contributed by atoms with van der Waals surface area (Å²) in [7, 11) is 0. The van der Waals surface area contributed by atoms with E-state index in [0.717, 1.165) is 0 Å².